The van der Waals surface area contributed by atoms with Gasteiger partial charge in [-0.15, -0.1) is 0 Å². The van der Waals surface area contributed by atoms with Crippen molar-refractivity contribution in [3.63, 3.8) is 0 Å². The maximum Gasteiger partial charge on any atom is 0.306 e. The number of furan rings is 1. The van der Waals surface area contributed by atoms with Gasteiger partial charge in [0.2, 0.25) is 15.7 Å². The number of carboxylic acids is 1. The molecule has 2 heterocycles. The largest absolute Gasteiger partial charge is 0.481 e. The second-order valence-corrected chi connectivity index (χ2v) is 12.4. The van der Waals surface area contributed by atoms with Crippen molar-refractivity contribution in [2.45, 2.75) is 44.8 Å². The average molecular weight is 640 g/mol. The lowest BCUT2D eigenvalue weighted by Crippen LogP contribution is -2.27. The number of amides is 1. The summed E-state index contributed by atoms with van der Waals surface area (Å²) >= 11 is 2.02. The SMILES string of the molecule is CNC(=O)c1c(-c2ccc(C)cc2)oc2nc(CS(=O)(=O)NCCCC3CCCC3C(=O)O)c(I)cc12. The lowest BCUT2D eigenvalue weighted by Gasteiger charge is -2.15. The van der Waals surface area contributed by atoms with E-state index in [4.69, 9.17) is 4.42 Å². The van der Waals surface area contributed by atoms with E-state index in [0.29, 0.717) is 45.2 Å². The standard InChI is InChI=1S/C26H30IN3O6S/c1-15-8-10-17(11-9-15)23-22(24(31)28-2)19-13-20(27)21(30-25(19)36-23)14-37(34,35)29-12-4-6-16-5-3-7-18(16)26(32)33/h8-11,13,16,18,29H,3-7,12,14H2,1-2H3,(H,28,31)(H,32,33). The van der Waals surface area contributed by atoms with Crippen molar-refractivity contribution >= 4 is 55.6 Å². The van der Waals surface area contributed by atoms with Crippen LogP contribution in [0.5, 0.6) is 0 Å². The Morgan fingerprint density at radius 2 is 1.95 bits per heavy atom. The number of carbonyl (C=O) groups is 2. The molecule has 1 fully saturated rings. The van der Waals surface area contributed by atoms with E-state index < -0.39 is 16.0 Å². The molecule has 1 aliphatic rings. The Kier molecular flexibility index (Phi) is 8.54. The van der Waals surface area contributed by atoms with Gasteiger partial charge in [-0.25, -0.2) is 18.1 Å². The number of fused-ring (bicyclic) bond motifs is 1. The van der Waals surface area contributed by atoms with Crippen LogP contribution in [0.1, 0.15) is 53.7 Å². The molecule has 2 unspecified atom stereocenters. The highest BCUT2D eigenvalue weighted by atomic mass is 127. The molecule has 1 saturated carbocycles. The molecule has 2 aromatic heterocycles. The summed E-state index contributed by atoms with van der Waals surface area (Å²) in [7, 11) is -2.15. The van der Waals surface area contributed by atoms with Crippen LogP contribution in [-0.4, -0.2) is 44.0 Å². The quantitative estimate of drug-likeness (QED) is 0.220. The fraction of sp³-hybridized carbons (Fsp3) is 0.423. The minimum absolute atomic E-state index is 0.100. The third-order valence-electron chi connectivity index (χ3n) is 6.85. The van der Waals surface area contributed by atoms with E-state index in [1.54, 1.807) is 13.1 Å². The number of carbonyl (C=O) groups excluding carboxylic acids is 1. The molecule has 37 heavy (non-hydrogen) atoms. The molecule has 3 aromatic rings. The predicted octanol–water partition coefficient (Wildman–Crippen LogP) is 4.47. The van der Waals surface area contributed by atoms with Gasteiger partial charge in [0.15, 0.2) is 0 Å². The van der Waals surface area contributed by atoms with Gasteiger partial charge >= 0.3 is 5.97 Å². The van der Waals surface area contributed by atoms with Crippen molar-refractivity contribution in [2.75, 3.05) is 13.6 Å². The van der Waals surface area contributed by atoms with E-state index in [1.165, 1.54) is 0 Å². The highest BCUT2D eigenvalue weighted by molar-refractivity contribution is 14.1. The van der Waals surface area contributed by atoms with Crippen LogP contribution in [0.15, 0.2) is 34.7 Å². The summed E-state index contributed by atoms with van der Waals surface area (Å²) in [6, 6.07) is 9.30. The fourth-order valence-corrected chi connectivity index (χ4v) is 6.94. The van der Waals surface area contributed by atoms with Crippen LogP contribution in [-0.2, 0) is 20.6 Å². The van der Waals surface area contributed by atoms with Crippen molar-refractivity contribution in [3.05, 3.63) is 50.7 Å². The Morgan fingerprint density at radius 1 is 1.22 bits per heavy atom. The number of aromatic nitrogens is 1. The highest BCUT2D eigenvalue weighted by Crippen LogP contribution is 2.36. The molecule has 0 spiro atoms. The van der Waals surface area contributed by atoms with Crippen LogP contribution in [0.2, 0.25) is 0 Å². The van der Waals surface area contributed by atoms with Gasteiger partial charge in [-0.1, -0.05) is 36.2 Å². The van der Waals surface area contributed by atoms with Gasteiger partial charge in [0.1, 0.15) is 11.5 Å². The molecule has 2 atom stereocenters. The summed E-state index contributed by atoms with van der Waals surface area (Å²) < 4.78 is 34.8. The third-order valence-corrected chi connectivity index (χ3v) is 9.08. The molecule has 0 aliphatic heterocycles. The molecule has 1 aromatic carbocycles. The van der Waals surface area contributed by atoms with Gasteiger partial charge in [0, 0.05) is 22.7 Å². The number of benzene rings is 1. The summed E-state index contributed by atoms with van der Waals surface area (Å²) in [6.45, 7) is 2.21. The first-order chi connectivity index (χ1) is 17.6. The van der Waals surface area contributed by atoms with Crippen LogP contribution in [0.4, 0.5) is 0 Å². The lowest BCUT2D eigenvalue weighted by molar-refractivity contribution is -0.143. The van der Waals surface area contributed by atoms with E-state index >= 15 is 0 Å². The molecule has 0 bridgehead atoms. The number of hydrogen-bond donors (Lipinski definition) is 3. The Balaban J connectivity index is 1.51. The number of aliphatic carboxylic acids is 1. The maximum atomic E-state index is 12.8. The summed E-state index contributed by atoms with van der Waals surface area (Å²) in [5.41, 5.74) is 2.67. The van der Waals surface area contributed by atoms with Crippen molar-refractivity contribution < 1.29 is 27.5 Å². The Morgan fingerprint density at radius 3 is 2.62 bits per heavy atom. The van der Waals surface area contributed by atoms with E-state index in [0.717, 1.165) is 24.0 Å². The van der Waals surface area contributed by atoms with E-state index in [2.05, 4.69) is 15.0 Å². The van der Waals surface area contributed by atoms with Crippen molar-refractivity contribution in [1.29, 1.82) is 0 Å². The molecule has 1 aliphatic carbocycles. The van der Waals surface area contributed by atoms with Gasteiger partial charge < -0.3 is 14.8 Å². The highest BCUT2D eigenvalue weighted by Gasteiger charge is 2.32. The summed E-state index contributed by atoms with van der Waals surface area (Å²) in [5.74, 6) is -1.26. The lowest BCUT2D eigenvalue weighted by atomic mass is 9.92. The number of hydrogen-bond acceptors (Lipinski definition) is 6. The first-order valence-corrected chi connectivity index (χ1v) is 14.9. The Hall–Kier alpha value is -2.51. The van der Waals surface area contributed by atoms with Crippen molar-refractivity contribution in [1.82, 2.24) is 15.0 Å². The number of aryl methyl sites for hydroxylation is 1. The second-order valence-electron chi connectivity index (χ2n) is 9.45. The minimum Gasteiger partial charge on any atom is -0.481 e. The summed E-state index contributed by atoms with van der Waals surface area (Å²) in [5, 5.41) is 12.5. The first-order valence-electron chi connectivity index (χ1n) is 12.2. The van der Waals surface area contributed by atoms with Crippen molar-refractivity contribution in [3.8, 4) is 11.3 Å². The molecule has 0 saturated heterocycles. The molecule has 3 N–H and O–H groups in total. The van der Waals surface area contributed by atoms with Crippen LogP contribution in [0.25, 0.3) is 22.4 Å². The number of rotatable bonds is 10. The number of nitrogens with zero attached hydrogens (tertiary/aromatic N) is 1. The minimum atomic E-state index is -3.69. The maximum absolute atomic E-state index is 12.8. The molecule has 198 valence electrons. The fourth-order valence-electron chi connectivity index (χ4n) is 4.93. The van der Waals surface area contributed by atoms with E-state index in [1.807, 2.05) is 53.8 Å². The van der Waals surface area contributed by atoms with Gasteiger partial charge in [0.25, 0.3) is 5.91 Å². The second kappa shape index (κ2) is 11.5. The molecule has 1 amide bonds. The summed E-state index contributed by atoms with van der Waals surface area (Å²) in [4.78, 5) is 28.6. The van der Waals surface area contributed by atoms with Crippen LogP contribution < -0.4 is 10.0 Å². The number of pyridine rings is 1. The van der Waals surface area contributed by atoms with E-state index in [-0.39, 0.29) is 35.8 Å². The monoisotopic (exact) mass is 639 g/mol. The van der Waals surface area contributed by atoms with Gasteiger partial charge in [0.05, 0.1) is 22.6 Å². The number of carboxylic acid groups (broad SMARTS) is 1. The predicted molar refractivity (Wildman–Crippen MR) is 149 cm³/mol. The molecular weight excluding hydrogens is 609 g/mol. The Labute approximate surface area is 229 Å². The first kappa shape index (κ1) is 27.5. The van der Waals surface area contributed by atoms with Gasteiger partial charge in [-0.05, 0) is 67.2 Å². The van der Waals surface area contributed by atoms with Gasteiger partial charge in [-0.3, -0.25) is 9.59 Å². The third kappa shape index (κ3) is 6.32. The van der Waals surface area contributed by atoms with Crippen LogP contribution in [0, 0.1) is 22.3 Å². The Bertz CT molecular complexity index is 1420. The number of halogens is 1. The van der Waals surface area contributed by atoms with E-state index in [9.17, 15) is 23.1 Å². The number of nitrogens with one attached hydrogen (secondary N) is 2. The molecule has 0 radical (unpaired) electrons. The molecule has 11 heteroatoms. The van der Waals surface area contributed by atoms with Gasteiger partial charge in [-0.2, -0.15) is 0 Å². The molecular formula is C26H30IN3O6S. The van der Waals surface area contributed by atoms with Crippen LogP contribution >= 0.6 is 22.6 Å². The molecule has 4 rings (SSSR count). The zero-order chi connectivity index (χ0) is 26.7. The molecule has 9 nitrogen and oxygen atoms in total. The smallest absolute Gasteiger partial charge is 0.306 e. The number of sulfonamides is 1. The zero-order valence-corrected chi connectivity index (χ0v) is 23.7. The summed E-state index contributed by atoms with van der Waals surface area (Å²) in [6.07, 6.45) is 3.72. The topological polar surface area (TPSA) is 139 Å². The van der Waals surface area contributed by atoms with Crippen molar-refractivity contribution in [2.24, 2.45) is 11.8 Å². The van der Waals surface area contributed by atoms with Crippen LogP contribution in [0.3, 0.4) is 0 Å². The average Bonchev–Trinajstić information content (AvgIpc) is 3.47. The zero-order valence-electron chi connectivity index (χ0n) is 20.7. The normalized spacial score (nSPS) is 17.8.